The molecule has 0 spiro atoms. The normalized spacial score (nSPS) is 13.0. The number of pyridine rings is 1. The van der Waals surface area contributed by atoms with E-state index < -0.39 is 5.91 Å². The van der Waals surface area contributed by atoms with Crippen molar-refractivity contribution in [1.29, 1.82) is 0 Å². The van der Waals surface area contributed by atoms with Crippen molar-refractivity contribution in [2.75, 3.05) is 44.1 Å². The predicted octanol–water partition coefficient (Wildman–Crippen LogP) is 5.10. The van der Waals surface area contributed by atoms with Gasteiger partial charge in [-0.25, -0.2) is 19.6 Å². The average molecular weight is 599 g/mol. The molecule has 0 saturated carbocycles. The summed E-state index contributed by atoms with van der Waals surface area (Å²) in [6.45, 7) is 9.51. The standard InChI is InChI=1S/C31H34N8O5/c1-6-24(21-14-25(41-4)26(42-5)15-22(21)32-3)44-20-10-11-28(34-16-20)36-31(40)29-27(43-7-2)18-39(37-29)23-17-33-19-35-30(23)38-12-8-9-13-38/h6,10-11,14-19H,3,7-9,12-13H2,1-2,4-5H3,(H,34,36,40)/b24-6+. The van der Waals surface area contributed by atoms with Crippen LogP contribution in [0.1, 0.15) is 42.7 Å². The Hall–Kier alpha value is -5.46. The van der Waals surface area contributed by atoms with Crippen molar-refractivity contribution < 1.29 is 23.7 Å². The largest absolute Gasteiger partial charge is 0.493 e. The number of aliphatic imine (C=N–C) groups is 1. The maximum atomic E-state index is 13.3. The number of anilines is 2. The van der Waals surface area contributed by atoms with Crippen molar-refractivity contribution >= 4 is 35.7 Å². The first-order valence-electron chi connectivity index (χ1n) is 14.1. The lowest BCUT2D eigenvalue weighted by molar-refractivity contribution is 0.101. The lowest BCUT2D eigenvalue weighted by Gasteiger charge is -2.18. The van der Waals surface area contributed by atoms with Crippen LogP contribution in [0.15, 0.2) is 60.3 Å². The Kier molecular flexibility index (Phi) is 9.33. The molecule has 13 heteroatoms. The smallest absolute Gasteiger partial charge is 0.281 e. The second-order valence-electron chi connectivity index (χ2n) is 9.62. The number of aromatic nitrogens is 5. The van der Waals surface area contributed by atoms with Gasteiger partial charge < -0.3 is 29.2 Å². The molecule has 13 nitrogen and oxygen atoms in total. The number of methoxy groups -OCH3 is 2. The lowest BCUT2D eigenvalue weighted by Crippen LogP contribution is -2.21. The molecule has 4 heterocycles. The lowest BCUT2D eigenvalue weighted by atomic mass is 10.1. The van der Waals surface area contributed by atoms with E-state index in [1.165, 1.54) is 12.5 Å². The predicted molar refractivity (Wildman–Crippen MR) is 167 cm³/mol. The summed E-state index contributed by atoms with van der Waals surface area (Å²) in [7, 11) is 3.11. The molecule has 0 radical (unpaired) electrons. The van der Waals surface area contributed by atoms with Crippen LogP contribution in [0.25, 0.3) is 11.4 Å². The number of amides is 1. The Bertz CT molecular complexity index is 1660. The van der Waals surface area contributed by atoms with Crippen LogP contribution < -0.4 is 29.2 Å². The van der Waals surface area contributed by atoms with E-state index in [1.54, 1.807) is 61.6 Å². The van der Waals surface area contributed by atoms with Crippen LogP contribution in [-0.2, 0) is 0 Å². The summed E-state index contributed by atoms with van der Waals surface area (Å²) in [5.74, 6) is 2.93. The molecule has 44 heavy (non-hydrogen) atoms. The number of ether oxygens (including phenoxy) is 4. The summed E-state index contributed by atoms with van der Waals surface area (Å²) in [5.41, 5.74) is 2.00. The van der Waals surface area contributed by atoms with Gasteiger partial charge >= 0.3 is 0 Å². The fourth-order valence-corrected chi connectivity index (χ4v) is 4.83. The van der Waals surface area contributed by atoms with Gasteiger partial charge in [-0.15, -0.1) is 0 Å². The molecule has 1 aliphatic heterocycles. The van der Waals surface area contributed by atoms with Crippen LogP contribution in [0.2, 0.25) is 0 Å². The van der Waals surface area contributed by atoms with Crippen LogP contribution in [-0.4, -0.2) is 71.3 Å². The first-order chi connectivity index (χ1) is 21.5. The Morgan fingerprint density at radius 3 is 2.52 bits per heavy atom. The quantitative estimate of drug-likeness (QED) is 0.173. The Morgan fingerprint density at radius 2 is 1.86 bits per heavy atom. The van der Waals surface area contributed by atoms with Crippen LogP contribution >= 0.6 is 0 Å². The van der Waals surface area contributed by atoms with Gasteiger partial charge in [-0.3, -0.25) is 9.79 Å². The fraction of sp³-hybridized carbons (Fsp3) is 0.290. The minimum atomic E-state index is -0.478. The van der Waals surface area contributed by atoms with E-state index >= 15 is 0 Å². The third-order valence-corrected chi connectivity index (χ3v) is 6.93. The van der Waals surface area contributed by atoms with Gasteiger partial charge in [0.25, 0.3) is 5.91 Å². The van der Waals surface area contributed by atoms with E-state index in [0.29, 0.717) is 58.1 Å². The molecule has 0 aliphatic carbocycles. The van der Waals surface area contributed by atoms with E-state index in [2.05, 4.69) is 42.0 Å². The van der Waals surface area contributed by atoms with E-state index in [0.717, 1.165) is 31.7 Å². The summed E-state index contributed by atoms with van der Waals surface area (Å²) in [4.78, 5) is 32.7. The Balaban J connectivity index is 1.34. The number of nitrogens with one attached hydrogen (secondary N) is 1. The molecular weight excluding hydrogens is 564 g/mol. The number of carbonyl (C=O) groups is 1. The molecular formula is C31H34N8O5. The second-order valence-corrected chi connectivity index (χ2v) is 9.62. The molecule has 1 fully saturated rings. The molecule has 4 aromatic rings. The van der Waals surface area contributed by atoms with Gasteiger partial charge in [-0.2, -0.15) is 5.10 Å². The van der Waals surface area contributed by atoms with Crippen molar-refractivity contribution in [3.63, 3.8) is 0 Å². The maximum Gasteiger partial charge on any atom is 0.281 e. The Morgan fingerprint density at radius 1 is 1.09 bits per heavy atom. The van der Waals surface area contributed by atoms with Gasteiger partial charge in [-0.1, -0.05) is 0 Å². The highest BCUT2D eigenvalue weighted by molar-refractivity contribution is 6.04. The number of hydrogen-bond acceptors (Lipinski definition) is 11. The number of rotatable bonds is 12. The molecule has 5 rings (SSSR count). The molecule has 1 saturated heterocycles. The number of nitrogens with zero attached hydrogens (tertiary/aromatic N) is 7. The first kappa shape index (κ1) is 30.0. The van der Waals surface area contributed by atoms with Crippen LogP contribution in [0.5, 0.6) is 23.0 Å². The van der Waals surface area contributed by atoms with Crippen molar-refractivity contribution in [3.8, 4) is 28.7 Å². The number of carbonyl (C=O) groups excluding carboxylic acids is 1. The highest BCUT2D eigenvalue weighted by Gasteiger charge is 2.24. The minimum absolute atomic E-state index is 0.110. The monoisotopic (exact) mass is 598 g/mol. The number of allylic oxidation sites excluding steroid dienone is 1. The summed E-state index contributed by atoms with van der Waals surface area (Å²) >= 11 is 0. The van der Waals surface area contributed by atoms with Crippen molar-refractivity contribution in [2.45, 2.75) is 26.7 Å². The first-order valence-corrected chi connectivity index (χ1v) is 14.1. The van der Waals surface area contributed by atoms with Gasteiger partial charge in [0, 0.05) is 24.7 Å². The van der Waals surface area contributed by atoms with E-state index in [-0.39, 0.29) is 5.69 Å². The van der Waals surface area contributed by atoms with Gasteiger partial charge in [0.15, 0.2) is 28.8 Å². The summed E-state index contributed by atoms with van der Waals surface area (Å²) in [6.07, 6.45) is 10.4. The zero-order valence-corrected chi connectivity index (χ0v) is 25.1. The van der Waals surface area contributed by atoms with Gasteiger partial charge in [-0.05, 0) is 57.7 Å². The molecule has 0 atom stereocenters. The zero-order chi connectivity index (χ0) is 31.1. The molecule has 0 bridgehead atoms. The van der Waals surface area contributed by atoms with Crippen LogP contribution in [0.3, 0.4) is 0 Å². The summed E-state index contributed by atoms with van der Waals surface area (Å²) in [5, 5.41) is 7.34. The zero-order valence-electron chi connectivity index (χ0n) is 25.1. The fourth-order valence-electron chi connectivity index (χ4n) is 4.83. The molecule has 1 aliphatic rings. The SMILES string of the molecule is C=Nc1cc(OC)c(OC)cc1/C(=C\C)Oc1ccc(NC(=O)c2nn(-c3cncnc3N3CCCC3)cc2OCC)nc1. The highest BCUT2D eigenvalue weighted by Crippen LogP contribution is 2.38. The van der Waals surface area contributed by atoms with Crippen LogP contribution in [0, 0.1) is 0 Å². The van der Waals surface area contributed by atoms with Crippen LogP contribution in [0.4, 0.5) is 17.3 Å². The topological polar surface area (TPSA) is 138 Å². The molecule has 0 unspecified atom stereocenters. The highest BCUT2D eigenvalue weighted by atomic mass is 16.5. The van der Waals surface area contributed by atoms with E-state index in [9.17, 15) is 4.79 Å². The van der Waals surface area contributed by atoms with Gasteiger partial charge in [0.05, 0.1) is 45.1 Å². The molecule has 1 amide bonds. The summed E-state index contributed by atoms with van der Waals surface area (Å²) in [6, 6.07) is 6.82. The van der Waals surface area contributed by atoms with E-state index in [4.69, 9.17) is 18.9 Å². The number of hydrogen-bond donors (Lipinski definition) is 1. The average Bonchev–Trinajstić information content (AvgIpc) is 3.75. The maximum absolute atomic E-state index is 13.3. The van der Waals surface area contributed by atoms with Crippen molar-refractivity contribution in [3.05, 3.63) is 66.5 Å². The minimum Gasteiger partial charge on any atom is -0.493 e. The van der Waals surface area contributed by atoms with Gasteiger partial charge in [0.1, 0.15) is 29.3 Å². The van der Waals surface area contributed by atoms with Gasteiger partial charge in [0.2, 0.25) is 0 Å². The van der Waals surface area contributed by atoms with Crippen molar-refractivity contribution in [2.24, 2.45) is 4.99 Å². The summed E-state index contributed by atoms with van der Waals surface area (Å²) < 4.78 is 24.3. The molecule has 1 aromatic carbocycles. The van der Waals surface area contributed by atoms with Crippen molar-refractivity contribution in [1.82, 2.24) is 24.7 Å². The molecule has 3 aromatic heterocycles. The third-order valence-electron chi connectivity index (χ3n) is 6.93. The third kappa shape index (κ3) is 6.31. The molecule has 1 N–H and O–H groups in total. The number of benzene rings is 1. The van der Waals surface area contributed by atoms with E-state index in [1.807, 2.05) is 13.8 Å². The Labute approximate surface area is 255 Å². The molecule has 228 valence electrons. The second kappa shape index (κ2) is 13.7.